The topological polar surface area (TPSA) is 0 Å². The van der Waals surface area contributed by atoms with Crippen molar-refractivity contribution < 1.29 is 0 Å². The molecule has 256 valence electrons. The van der Waals surface area contributed by atoms with Crippen molar-refractivity contribution in [2.75, 3.05) is 0 Å². The molecule has 0 nitrogen and oxygen atoms in total. The summed E-state index contributed by atoms with van der Waals surface area (Å²) in [6.07, 6.45) is 0. The second kappa shape index (κ2) is 11.1. The Kier molecular flexibility index (Phi) is 5.98. The molecule has 0 saturated heterocycles. The predicted octanol–water partition coefficient (Wildman–Crippen LogP) is 15.8. The van der Waals surface area contributed by atoms with E-state index in [4.69, 9.17) is 0 Å². The summed E-state index contributed by atoms with van der Waals surface area (Å²) in [6, 6.07) is 73.0. The molecule has 0 amide bonds. The van der Waals surface area contributed by atoms with E-state index in [1.54, 1.807) is 0 Å². The third-order valence-electron chi connectivity index (χ3n) is 12.7. The average Bonchev–Trinajstić information content (AvgIpc) is 3.59. The summed E-state index contributed by atoms with van der Waals surface area (Å²) in [4.78, 5) is 0. The van der Waals surface area contributed by atoms with E-state index in [2.05, 4.69) is 194 Å². The second-order valence-electron chi connectivity index (χ2n) is 15.5. The van der Waals surface area contributed by atoms with Crippen LogP contribution in [0.5, 0.6) is 0 Å². The van der Waals surface area contributed by atoms with E-state index in [1.165, 1.54) is 131 Å². The highest BCUT2D eigenvalue weighted by atomic mass is 14.3. The van der Waals surface area contributed by atoms with Crippen LogP contribution in [0.3, 0.4) is 0 Å². The quantitative estimate of drug-likeness (QED) is 0.127. The molecule has 1 aliphatic carbocycles. The van der Waals surface area contributed by atoms with E-state index in [9.17, 15) is 0 Å². The van der Waals surface area contributed by atoms with E-state index in [0.29, 0.717) is 0 Å². The Morgan fingerprint density at radius 2 is 0.643 bits per heavy atom. The zero-order valence-electron chi connectivity index (χ0n) is 30.5. The minimum Gasteiger partial charge on any atom is -0.0616 e. The molecule has 12 aromatic rings. The Labute approximate surface area is 323 Å². The zero-order chi connectivity index (χ0) is 36.5. The maximum Gasteiger partial charge on any atom is -0.00199 e. The molecule has 0 aromatic heterocycles. The Balaban J connectivity index is 1.19. The van der Waals surface area contributed by atoms with Crippen LogP contribution >= 0.6 is 0 Å². The minimum atomic E-state index is 1.23. The number of benzene rings is 12. The first-order valence-corrected chi connectivity index (χ1v) is 19.6. The van der Waals surface area contributed by atoms with Crippen LogP contribution in [0, 0.1) is 0 Å². The molecule has 0 unspecified atom stereocenters. The van der Waals surface area contributed by atoms with Crippen LogP contribution in [0.1, 0.15) is 0 Å². The normalized spacial score (nSPS) is 12.3. The molecule has 0 aliphatic heterocycles. The molecule has 0 heterocycles. The molecule has 0 radical (unpaired) electrons. The molecule has 0 atom stereocenters. The summed E-state index contributed by atoms with van der Waals surface area (Å²) in [7, 11) is 0. The van der Waals surface area contributed by atoms with Crippen molar-refractivity contribution >= 4 is 75.4 Å². The van der Waals surface area contributed by atoms with Gasteiger partial charge < -0.3 is 0 Å². The molecule has 12 aromatic carbocycles. The lowest BCUT2D eigenvalue weighted by Gasteiger charge is -2.22. The number of rotatable bonds is 3. The van der Waals surface area contributed by atoms with Gasteiger partial charge in [-0.1, -0.05) is 188 Å². The lowest BCUT2D eigenvalue weighted by Crippen LogP contribution is -1.94. The highest BCUT2D eigenvalue weighted by Gasteiger charge is 2.25. The maximum absolute atomic E-state index is 2.48. The fourth-order valence-corrected chi connectivity index (χ4v) is 10.4. The second-order valence-corrected chi connectivity index (χ2v) is 15.5. The van der Waals surface area contributed by atoms with Gasteiger partial charge in [-0.3, -0.25) is 0 Å². The van der Waals surface area contributed by atoms with Crippen LogP contribution in [0.25, 0.3) is 131 Å². The van der Waals surface area contributed by atoms with Crippen LogP contribution in [0.15, 0.2) is 194 Å². The first-order chi connectivity index (χ1) is 27.8. The summed E-state index contributed by atoms with van der Waals surface area (Å²) in [5.74, 6) is 0. The predicted molar refractivity (Wildman–Crippen MR) is 241 cm³/mol. The van der Waals surface area contributed by atoms with Gasteiger partial charge in [0, 0.05) is 0 Å². The van der Waals surface area contributed by atoms with Gasteiger partial charge in [-0.2, -0.15) is 0 Å². The molecule has 0 N–H and O–H groups in total. The summed E-state index contributed by atoms with van der Waals surface area (Å²) >= 11 is 0. The van der Waals surface area contributed by atoms with Crippen molar-refractivity contribution in [1.82, 2.24) is 0 Å². The van der Waals surface area contributed by atoms with Crippen molar-refractivity contribution in [3.05, 3.63) is 194 Å². The molecule has 0 heteroatoms. The largest absolute Gasteiger partial charge is 0.0616 e. The van der Waals surface area contributed by atoms with Gasteiger partial charge in [-0.25, -0.2) is 0 Å². The van der Waals surface area contributed by atoms with Gasteiger partial charge in [0.2, 0.25) is 0 Å². The van der Waals surface area contributed by atoms with E-state index in [-0.39, 0.29) is 0 Å². The van der Waals surface area contributed by atoms with Crippen LogP contribution in [0.4, 0.5) is 0 Å². The van der Waals surface area contributed by atoms with Gasteiger partial charge in [-0.05, 0) is 137 Å². The lowest BCUT2D eigenvalue weighted by molar-refractivity contribution is 1.67. The van der Waals surface area contributed by atoms with Gasteiger partial charge in [0.15, 0.2) is 0 Å². The van der Waals surface area contributed by atoms with Crippen molar-refractivity contribution in [2.24, 2.45) is 0 Å². The SMILES string of the molecule is c1ccc2c(c1)-c1cccc3c(-c4c5ccccc5c(-c5ccc6ccc7cccc8ccc5c6c78)c5cc(-c6cccc7ccccc67)ccc45)ccc-2c13. The van der Waals surface area contributed by atoms with E-state index >= 15 is 0 Å². The van der Waals surface area contributed by atoms with Crippen molar-refractivity contribution in [2.45, 2.75) is 0 Å². The fraction of sp³-hybridized carbons (Fsp3) is 0. The number of fused-ring (bicyclic) bond motifs is 6. The first-order valence-electron chi connectivity index (χ1n) is 19.6. The molecule has 0 saturated carbocycles. The van der Waals surface area contributed by atoms with Crippen LogP contribution < -0.4 is 0 Å². The van der Waals surface area contributed by atoms with Crippen LogP contribution in [-0.4, -0.2) is 0 Å². The van der Waals surface area contributed by atoms with Gasteiger partial charge >= 0.3 is 0 Å². The Morgan fingerprint density at radius 3 is 1.45 bits per heavy atom. The van der Waals surface area contributed by atoms with Crippen LogP contribution in [-0.2, 0) is 0 Å². The third kappa shape index (κ3) is 3.98. The Bertz CT molecular complexity index is 3590. The standard InChI is InChI=1S/C56H32/c1-2-14-38-33(10-1)11-8-19-39(38)37-26-29-50-51(32-37)56(48-28-25-36-23-22-34-12-7-13-35-24-27-47(48)53(36)52(34)35)44-18-6-5-17-43(44)55(50)49-31-30-46-41-16-4-3-15-40(41)42-20-9-21-45(49)54(42)46/h1-32H. The minimum absolute atomic E-state index is 1.23. The number of hydrogen-bond acceptors (Lipinski definition) is 0. The van der Waals surface area contributed by atoms with Crippen molar-refractivity contribution in [1.29, 1.82) is 0 Å². The summed E-state index contributed by atoms with van der Waals surface area (Å²) < 4.78 is 0. The van der Waals surface area contributed by atoms with Gasteiger partial charge in [0.25, 0.3) is 0 Å². The molecular weight excluding hydrogens is 673 g/mol. The first kappa shape index (κ1) is 30.1. The molecule has 0 bridgehead atoms. The highest BCUT2D eigenvalue weighted by Crippen LogP contribution is 2.53. The maximum atomic E-state index is 2.48. The van der Waals surface area contributed by atoms with Crippen molar-refractivity contribution in [3.63, 3.8) is 0 Å². The summed E-state index contributed by atoms with van der Waals surface area (Å²) in [5.41, 5.74) is 12.9. The van der Waals surface area contributed by atoms with Crippen LogP contribution in [0.2, 0.25) is 0 Å². The van der Waals surface area contributed by atoms with Crippen molar-refractivity contribution in [3.8, 4) is 55.6 Å². The van der Waals surface area contributed by atoms with Gasteiger partial charge in [-0.15, -0.1) is 0 Å². The summed E-state index contributed by atoms with van der Waals surface area (Å²) in [5, 5.41) is 18.1. The van der Waals surface area contributed by atoms with E-state index < -0.39 is 0 Å². The molecule has 13 rings (SSSR count). The third-order valence-corrected chi connectivity index (χ3v) is 12.7. The average molecular weight is 705 g/mol. The number of hydrogen-bond donors (Lipinski definition) is 0. The van der Waals surface area contributed by atoms with Gasteiger partial charge in [0.05, 0.1) is 0 Å². The molecule has 0 fully saturated rings. The fourth-order valence-electron chi connectivity index (χ4n) is 10.4. The summed E-state index contributed by atoms with van der Waals surface area (Å²) in [6.45, 7) is 0. The Hall–Kier alpha value is -7.28. The molecule has 0 spiro atoms. The van der Waals surface area contributed by atoms with E-state index in [1.807, 2.05) is 0 Å². The highest BCUT2D eigenvalue weighted by molar-refractivity contribution is 6.31. The molecule has 1 aliphatic rings. The Morgan fingerprint density at radius 1 is 0.196 bits per heavy atom. The monoisotopic (exact) mass is 704 g/mol. The smallest absolute Gasteiger partial charge is 0.00199 e. The zero-order valence-corrected chi connectivity index (χ0v) is 30.5. The molecule has 56 heavy (non-hydrogen) atoms. The molecular formula is C56H32. The van der Waals surface area contributed by atoms with Gasteiger partial charge in [0.1, 0.15) is 0 Å². The lowest BCUT2D eigenvalue weighted by atomic mass is 9.81. The van der Waals surface area contributed by atoms with E-state index in [0.717, 1.165) is 0 Å².